The second-order valence-corrected chi connectivity index (χ2v) is 4.71. The Bertz CT molecular complexity index is 347. The van der Waals surface area contributed by atoms with Crippen LogP contribution in [-0.2, 0) is 11.2 Å². The lowest BCUT2D eigenvalue weighted by Gasteiger charge is -2.22. The predicted octanol–water partition coefficient (Wildman–Crippen LogP) is 2.90. The maximum absolute atomic E-state index is 5.54. The van der Waals surface area contributed by atoms with Gasteiger partial charge in [0, 0.05) is 12.6 Å². The SMILES string of the molecule is CC(Cc1ccccc1)NCC1CCC=CO1. The minimum Gasteiger partial charge on any atom is -0.497 e. The second kappa shape index (κ2) is 6.45. The maximum Gasteiger partial charge on any atom is 0.110 e. The molecule has 0 bridgehead atoms. The van der Waals surface area contributed by atoms with Gasteiger partial charge < -0.3 is 10.1 Å². The van der Waals surface area contributed by atoms with E-state index >= 15 is 0 Å². The minimum atomic E-state index is 0.346. The first kappa shape index (κ1) is 12.2. The Morgan fingerprint density at radius 3 is 2.88 bits per heavy atom. The first-order valence-corrected chi connectivity index (χ1v) is 6.42. The molecule has 92 valence electrons. The van der Waals surface area contributed by atoms with E-state index in [1.54, 1.807) is 0 Å². The largest absolute Gasteiger partial charge is 0.497 e. The molecule has 2 unspecified atom stereocenters. The van der Waals surface area contributed by atoms with Crippen LogP contribution in [0.1, 0.15) is 25.3 Å². The van der Waals surface area contributed by atoms with Gasteiger partial charge >= 0.3 is 0 Å². The van der Waals surface area contributed by atoms with Crippen molar-refractivity contribution in [3.8, 4) is 0 Å². The third-order valence-corrected chi connectivity index (χ3v) is 3.10. The van der Waals surface area contributed by atoms with E-state index < -0.39 is 0 Å². The van der Waals surface area contributed by atoms with Crippen molar-refractivity contribution < 1.29 is 4.74 Å². The molecule has 0 spiro atoms. The van der Waals surface area contributed by atoms with Crippen LogP contribution in [0.15, 0.2) is 42.7 Å². The fourth-order valence-electron chi connectivity index (χ4n) is 2.11. The van der Waals surface area contributed by atoms with Crippen LogP contribution in [0.3, 0.4) is 0 Å². The zero-order valence-electron chi connectivity index (χ0n) is 10.4. The van der Waals surface area contributed by atoms with Gasteiger partial charge in [-0.1, -0.05) is 30.3 Å². The Hall–Kier alpha value is -1.28. The summed E-state index contributed by atoms with van der Waals surface area (Å²) in [5.41, 5.74) is 1.39. The first-order valence-electron chi connectivity index (χ1n) is 6.42. The molecule has 1 N–H and O–H groups in total. The average molecular weight is 231 g/mol. The van der Waals surface area contributed by atoms with Crippen LogP contribution < -0.4 is 5.32 Å². The molecule has 2 atom stereocenters. The summed E-state index contributed by atoms with van der Waals surface area (Å²) < 4.78 is 5.54. The lowest BCUT2D eigenvalue weighted by Crippen LogP contribution is -2.36. The Labute approximate surface area is 104 Å². The zero-order chi connectivity index (χ0) is 11.9. The van der Waals surface area contributed by atoms with Crippen LogP contribution in [0, 0.1) is 0 Å². The van der Waals surface area contributed by atoms with E-state index in [0.29, 0.717) is 12.1 Å². The van der Waals surface area contributed by atoms with Crippen molar-refractivity contribution in [3.05, 3.63) is 48.2 Å². The van der Waals surface area contributed by atoms with Gasteiger partial charge in [-0.05, 0) is 37.8 Å². The first-order chi connectivity index (χ1) is 8.34. The monoisotopic (exact) mass is 231 g/mol. The molecule has 0 saturated heterocycles. The predicted molar refractivity (Wildman–Crippen MR) is 70.9 cm³/mol. The maximum atomic E-state index is 5.54. The van der Waals surface area contributed by atoms with Gasteiger partial charge in [-0.3, -0.25) is 0 Å². The minimum absolute atomic E-state index is 0.346. The van der Waals surface area contributed by atoms with E-state index in [4.69, 9.17) is 4.74 Å². The Balaban J connectivity index is 1.70. The van der Waals surface area contributed by atoms with Crippen LogP contribution in [0.5, 0.6) is 0 Å². The number of hydrogen-bond acceptors (Lipinski definition) is 2. The van der Waals surface area contributed by atoms with E-state index in [2.05, 4.69) is 48.6 Å². The number of nitrogens with one attached hydrogen (secondary N) is 1. The van der Waals surface area contributed by atoms with Crippen molar-refractivity contribution in [2.75, 3.05) is 6.54 Å². The molecule has 1 aromatic carbocycles. The smallest absolute Gasteiger partial charge is 0.110 e. The van der Waals surface area contributed by atoms with Gasteiger partial charge in [-0.2, -0.15) is 0 Å². The molecule has 0 aromatic heterocycles. The van der Waals surface area contributed by atoms with Crippen molar-refractivity contribution in [3.63, 3.8) is 0 Å². The molecule has 2 rings (SSSR count). The van der Waals surface area contributed by atoms with Gasteiger partial charge in [0.15, 0.2) is 0 Å². The molecule has 1 aromatic rings. The van der Waals surface area contributed by atoms with Gasteiger partial charge in [0.05, 0.1) is 6.26 Å². The van der Waals surface area contributed by atoms with Gasteiger partial charge in [-0.25, -0.2) is 0 Å². The molecule has 0 radical (unpaired) electrons. The summed E-state index contributed by atoms with van der Waals surface area (Å²) in [7, 11) is 0. The number of hydrogen-bond donors (Lipinski definition) is 1. The van der Waals surface area contributed by atoms with Gasteiger partial charge in [-0.15, -0.1) is 0 Å². The molecule has 0 saturated carbocycles. The number of rotatable bonds is 5. The van der Waals surface area contributed by atoms with E-state index in [-0.39, 0.29) is 0 Å². The fraction of sp³-hybridized carbons (Fsp3) is 0.467. The number of benzene rings is 1. The van der Waals surface area contributed by atoms with Crippen molar-refractivity contribution in [1.29, 1.82) is 0 Å². The lowest BCUT2D eigenvalue weighted by molar-refractivity contribution is 0.120. The highest BCUT2D eigenvalue weighted by molar-refractivity contribution is 5.15. The summed E-state index contributed by atoms with van der Waals surface area (Å²) in [5, 5.41) is 3.54. The zero-order valence-corrected chi connectivity index (χ0v) is 10.4. The summed E-state index contributed by atoms with van der Waals surface area (Å²) in [5.74, 6) is 0. The standard InChI is InChI=1S/C15H21NO/c1-13(11-14-7-3-2-4-8-14)16-12-15-9-5-6-10-17-15/h2-4,6-8,10,13,15-16H,5,9,11-12H2,1H3. The molecular formula is C15H21NO. The molecule has 0 fully saturated rings. The molecule has 0 aliphatic carbocycles. The summed E-state index contributed by atoms with van der Waals surface area (Å²) in [6.07, 6.45) is 7.60. The summed E-state index contributed by atoms with van der Waals surface area (Å²) >= 11 is 0. The van der Waals surface area contributed by atoms with Gasteiger partial charge in [0.2, 0.25) is 0 Å². The van der Waals surface area contributed by atoms with Crippen molar-refractivity contribution in [2.24, 2.45) is 0 Å². The molecule has 0 amide bonds. The Kier molecular flexibility index (Phi) is 4.63. The Morgan fingerprint density at radius 2 is 2.18 bits per heavy atom. The molecule has 1 aliphatic heterocycles. The molecule has 17 heavy (non-hydrogen) atoms. The lowest BCUT2D eigenvalue weighted by atomic mass is 10.1. The average Bonchev–Trinajstić information content (AvgIpc) is 2.39. The highest BCUT2D eigenvalue weighted by Crippen LogP contribution is 2.09. The molecular weight excluding hydrogens is 210 g/mol. The van der Waals surface area contributed by atoms with Crippen LogP contribution in [0.25, 0.3) is 0 Å². The van der Waals surface area contributed by atoms with Crippen molar-refractivity contribution in [2.45, 2.75) is 38.3 Å². The van der Waals surface area contributed by atoms with Crippen LogP contribution >= 0.6 is 0 Å². The fourth-order valence-corrected chi connectivity index (χ4v) is 2.11. The topological polar surface area (TPSA) is 21.3 Å². The third-order valence-electron chi connectivity index (χ3n) is 3.10. The summed E-state index contributed by atoms with van der Waals surface area (Å²) in [6, 6.07) is 11.1. The normalized spacial score (nSPS) is 20.9. The van der Waals surface area contributed by atoms with E-state index in [1.807, 2.05) is 6.26 Å². The highest BCUT2D eigenvalue weighted by atomic mass is 16.5. The van der Waals surface area contributed by atoms with Crippen molar-refractivity contribution in [1.82, 2.24) is 5.32 Å². The quantitative estimate of drug-likeness (QED) is 0.841. The van der Waals surface area contributed by atoms with E-state index in [1.165, 1.54) is 5.56 Å². The van der Waals surface area contributed by atoms with Crippen molar-refractivity contribution >= 4 is 0 Å². The number of ether oxygens (including phenoxy) is 1. The van der Waals surface area contributed by atoms with Crippen LogP contribution in [0.2, 0.25) is 0 Å². The van der Waals surface area contributed by atoms with E-state index in [0.717, 1.165) is 25.8 Å². The van der Waals surface area contributed by atoms with E-state index in [9.17, 15) is 0 Å². The van der Waals surface area contributed by atoms with Crippen LogP contribution in [0.4, 0.5) is 0 Å². The number of allylic oxidation sites excluding steroid dienone is 1. The Morgan fingerprint density at radius 1 is 1.35 bits per heavy atom. The van der Waals surface area contributed by atoms with Gasteiger partial charge in [0.25, 0.3) is 0 Å². The molecule has 1 aliphatic rings. The van der Waals surface area contributed by atoms with Crippen LogP contribution in [-0.4, -0.2) is 18.7 Å². The summed E-state index contributed by atoms with van der Waals surface area (Å²) in [4.78, 5) is 0. The second-order valence-electron chi connectivity index (χ2n) is 4.71. The highest BCUT2D eigenvalue weighted by Gasteiger charge is 2.12. The third kappa shape index (κ3) is 4.23. The molecule has 2 nitrogen and oxygen atoms in total. The van der Waals surface area contributed by atoms with Gasteiger partial charge in [0.1, 0.15) is 6.10 Å². The molecule has 2 heteroatoms. The molecule has 1 heterocycles. The summed E-state index contributed by atoms with van der Waals surface area (Å²) in [6.45, 7) is 3.17.